The molecular formula is C20H19NO3S. The first-order valence-corrected chi connectivity index (χ1v) is 9.19. The summed E-state index contributed by atoms with van der Waals surface area (Å²) in [6, 6.07) is 17.6. The average molecular weight is 353 g/mol. The molecule has 0 N–H and O–H groups in total. The van der Waals surface area contributed by atoms with E-state index in [9.17, 15) is 9.59 Å². The number of hydrogen-bond acceptors (Lipinski definition) is 4. The molecule has 0 aliphatic heterocycles. The van der Waals surface area contributed by atoms with Crippen molar-refractivity contribution in [1.29, 1.82) is 0 Å². The van der Waals surface area contributed by atoms with Crippen molar-refractivity contribution in [3.63, 3.8) is 0 Å². The third-order valence-corrected chi connectivity index (χ3v) is 4.99. The number of aromatic nitrogens is 1. The first kappa shape index (κ1) is 17.3. The van der Waals surface area contributed by atoms with Crippen molar-refractivity contribution in [3.8, 4) is 0 Å². The fourth-order valence-corrected chi connectivity index (χ4v) is 3.59. The van der Waals surface area contributed by atoms with E-state index in [1.807, 2.05) is 42.5 Å². The monoisotopic (exact) mass is 353 g/mol. The standard InChI is InChI=1S/C20H19NO3S/c1-24-20(23)17-13-21(18-10-6-5-9-16(17)18)19(22)11-12-25-14-15-7-3-2-4-8-15/h2-10,13H,11-12,14H2,1H3. The van der Waals surface area contributed by atoms with Gasteiger partial charge in [-0.25, -0.2) is 4.79 Å². The van der Waals surface area contributed by atoms with Crippen LogP contribution in [0.15, 0.2) is 60.8 Å². The van der Waals surface area contributed by atoms with Gasteiger partial charge in [0.25, 0.3) is 0 Å². The molecular weight excluding hydrogens is 334 g/mol. The van der Waals surface area contributed by atoms with E-state index in [2.05, 4.69) is 12.1 Å². The minimum absolute atomic E-state index is 0.0214. The Morgan fingerprint density at radius 2 is 1.76 bits per heavy atom. The number of ether oxygens (including phenoxy) is 1. The Kier molecular flexibility index (Phi) is 5.56. The van der Waals surface area contributed by atoms with Crippen LogP contribution in [-0.4, -0.2) is 29.3 Å². The Morgan fingerprint density at radius 3 is 2.52 bits per heavy atom. The first-order valence-electron chi connectivity index (χ1n) is 8.04. The molecule has 0 aliphatic carbocycles. The highest BCUT2D eigenvalue weighted by molar-refractivity contribution is 7.98. The highest BCUT2D eigenvalue weighted by Crippen LogP contribution is 2.23. The molecule has 25 heavy (non-hydrogen) atoms. The quantitative estimate of drug-likeness (QED) is 0.487. The van der Waals surface area contributed by atoms with Crippen LogP contribution in [0, 0.1) is 0 Å². The summed E-state index contributed by atoms with van der Waals surface area (Å²) in [7, 11) is 1.34. The van der Waals surface area contributed by atoms with Crippen molar-refractivity contribution in [1.82, 2.24) is 4.57 Å². The molecule has 1 heterocycles. The van der Waals surface area contributed by atoms with Gasteiger partial charge < -0.3 is 4.74 Å². The molecule has 0 spiro atoms. The maximum Gasteiger partial charge on any atom is 0.340 e. The highest BCUT2D eigenvalue weighted by Gasteiger charge is 2.18. The van der Waals surface area contributed by atoms with E-state index in [1.165, 1.54) is 12.7 Å². The molecule has 0 fully saturated rings. The fourth-order valence-electron chi connectivity index (χ4n) is 2.70. The largest absolute Gasteiger partial charge is 0.465 e. The molecule has 0 saturated heterocycles. The highest BCUT2D eigenvalue weighted by atomic mass is 32.2. The summed E-state index contributed by atoms with van der Waals surface area (Å²) in [5.74, 6) is 1.16. The van der Waals surface area contributed by atoms with Gasteiger partial charge in [0.2, 0.25) is 5.91 Å². The molecule has 0 atom stereocenters. The van der Waals surface area contributed by atoms with E-state index in [4.69, 9.17) is 4.74 Å². The lowest BCUT2D eigenvalue weighted by Crippen LogP contribution is -2.10. The van der Waals surface area contributed by atoms with Crippen LogP contribution in [0.4, 0.5) is 0 Å². The predicted octanol–water partition coefficient (Wildman–Crippen LogP) is 4.39. The first-order chi connectivity index (χ1) is 12.2. The van der Waals surface area contributed by atoms with Crippen molar-refractivity contribution in [2.24, 2.45) is 0 Å². The van der Waals surface area contributed by atoms with Crippen molar-refractivity contribution in [2.45, 2.75) is 12.2 Å². The van der Waals surface area contributed by atoms with E-state index < -0.39 is 5.97 Å². The summed E-state index contributed by atoms with van der Waals surface area (Å²) in [5, 5.41) is 0.736. The maximum absolute atomic E-state index is 12.6. The summed E-state index contributed by atoms with van der Waals surface area (Å²) in [5.41, 5.74) is 2.41. The van der Waals surface area contributed by atoms with E-state index in [-0.39, 0.29) is 5.91 Å². The molecule has 3 rings (SSSR count). The van der Waals surface area contributed by atoms with E-state index in [0.29, 0.717) is 12.0 Å². The second-order valence-corrected chi connectivity index (χ2v) is 6.71. The Hall–Kier alpha value is -2.53. The molecule has 0 radical (unpaired) electrons. The van der Waals surface area contributed by atoms with Crippen LogP contribution in [0.1, 0.15) is 27.1 Å². The number of thioether (sulfide) groups is 1. The van der Waals surface area contributed by atoms with Crippen molar-refractivity contribution < 1.29 is 14.3 Å². The minimum atomic E-state index is -0.429. The molecule has 0 saturated carbocycles. The van der Waals surface area contributed by atoms with Crippen LogP contribution in [-0.2, 0) is 10.5 Å². The van der Waals surface area contributed by atoms with Gasteiger partial charge in [-0.3, -0.25) is 9.36 Å². The second kappa shape index (κ2) is 8.03. The Bertz CT molecular complexity index is 886. The smallest absolute Gasteiger partial charge is 0.340 e. The molecule has 4 nitrogen and oxygen atoms in total. The average Bonchev–Trinajstić information content (AvgIpc) is 3.05. The fraction of sp³-hybridized carbons (Fsp3) is 0.200. The molecule has 0 aliphatic rings. The number of nitrogens with zero attached hydrogens (tertiary/aromatic N) is 1. The van der Waals surface area contributed by atoms with Gasteiger partial charge in [0.15, 0.2) is 0 Å². The number of methoxy groups -OCH3 is 1. The lowest BCUT2D eigenvalue weighted by atomic mass is 10.2. The van der Waals surface area contributed by atoms with Crippen molar-refractivity contribution in [3.05, 3.63) is 71.9 Å². The number of hydrogen-bond donors (Lipinski definition) is 0. The van der Waals surface area contributed by atoms with Gasteiger partial charge in [-0.1, -0.05) is 48.5 Å². The zero-order valence-corrected chi connectivity index (χ0v) is 14.8. The normalized spacial score (nSPS) is 10.8. The van der Waals surface area contributed by atoms with Crippen molar-refractivity contribution in [2.75, 3.05) is 12.9 Å². The summed E-state index contributed by atoms with van der Waals surface area (Å²) in [6.45, 7) is 0. The lowest BCUT2D eigenvalue weighted by Gasteiger charge is -2.04. The summed E-state index contributed by atoms with van der Waals surface area (Å²) >= 11 is 1.73. The number of benzene rings is 2. The van der Waals surface area contributed by atoms with Crippen LogP contribution in [0.3, 0.4) is 0 Å². The number of esters is 1. The van der Waals surface area contributed by atoms with Gasteiger partial charge in [-0.05, 0) is 11.6 Å². The van der Waals surface area contributed by atoms with E-state index in [1.54, 1.807) is 22.5 Å². The van der Waals surface area contributed by atoms with Crippen molar-refractivity contribution >= 4 is 34.5 Å². The molecule has 5 heteroatoms. The number of para-hydroxylation sites is 1. The summed E-state index contributed by atoms with van der Waals surface area (Å²) < 4.78 is 6.38. The van der Waals surface area contributed by atoms with Gasteiger partial charge in [-0.15, -0.1) is 0 Å². The van der Waals surface area contributed by atoms with Gasteiger partial charge >= 0.3 is 5.97 Å². The second-order valence-electron chi connectivity index (χ2n) is 5.60. The molecule has 0 bridgehead atoms. The zero-order valence-electron chi connectivity index (χ0n) is 14.0. The Morgan fingerprint density at radius 1 is 1.04 bits per heavy atom. The Labute approximate surface area is 150 Å². The molecule has 3 aromatic rings. The van der Waals surface area contributed by atoms with Gasteiger partial charge in [0.1, 0.15) is 0 Å². The number of carbonyl (C=O) groups excluding carboxylic acids is 2. The number of carbonyl (C=O) groups is 2. The topological polar surface area (TPSA) is 48.3 Å². The predicted molar refractivity (Wildman–Crippen MR) is 101 cm³/mol. The van der Waals surface area contributed by atoms with Crippen LogP contribution in [0.25, 0.3) is 10.9 Å². The van der Waals surface area contributed by atoms with E-state index in [0.717, 1.165) is 22.4 Å². The minimum Gasteiger partial charge on any atom is -0.465 e. The van der Waals surface area contributed by atoms with Gasteiger partial charge in [0.05, 0.1) is 18.2 Å². The number of rotatable bonds is 6. The zero-order chi connectivity index (χ0) is 17.6. The van der Waals surface area contributed by atoms with E-state index >= 15 is 0 Å². The molecule has 128 valence electrons. The third-order valence-electron chi connectivity index (χ3n) is 3.96. The SMILES string of the molecule is COC(=O)c1cn(C(=O)CCSCc2ccccc2)c2ccccc12. The van der Waals surface area contributed by atoms with Crippen LogP contribution in [0.2, 0.25) is 0 Å². The molecule has 1 aromatic heterocycles. The maximum atomic E-state index is 12.6. The lowest BCUT2D eigenvalue weighted by molar-refractivity contribution is 0.0603. The van der Waals surface area contributed by atoms with Crippen LogP contribution in [0.5, 0.6) is 0 Å². The number of fused-ring (bicyclic) bond motifs is 1. The van der Waals surface area contributed by atoms with Gasteiger partial charge in [-0.2, -0.15) is 11.8 Å². The van der Waals surface area contributed by atoms with Crippen LogP contribution < -0.4 is 0 Å². The summed E-state index contributed by atoms with van der Waals surface area (Å²) in [6.07, 6.45) is 2.00. The molecule has 0 amide bonds. The van der Waals surface area contributed by atoms with Crippen LogP contribution >= 0.6 is 11.8 Å². The third kappa shape index (κ3) is 3.94. The Balaban J connectivity index is 1.69. The molecule has 0 unspecified atom stereocenters. The van der Waals surface area contributed by atoms with Gasteiger partial charge in [0, 0.05) is 29.5 Å². The summed E-state index contributed by atoms with van der Waals surface area (Å²) in [4.78, 5) is 24.5. The molecule has 2 aromatic carbocycles.